The summed E-state index contributed by atoms with van der Waals surface area (Å²) in [6, 6.07) is 13.3. The van der Waals surface area contributed by atoms with E-state index in [1.807, 2.05) is 37.3 Å². The maximum absolute atomic E-state index is 8.93. The maximum atomic E-state index is 8.93. The SMILES string of the molecule is COc1ccc(Nc2ccc(C#N)c(C)c2)c(OC)c1. The van der Waals surface area contributed by atoms with Crippen molar-refractivity contribution < 1.29 is 9.47 Å². The molecular formula is C16H16N2O2. The van der Waals surface area contributed by atoms with Gasteiger partial charge in [-0.05, 0) is 42.8 Å². The molecule has 2 aromatic carbocycles. The van der Waals surface area contributed by atoms with Crippen LogP contribution in [-0.4, -0.2) is 14.2 Å². The number of nitrogens with one attached hydrogen (secondary N) is 1. The molecule has 0 spiro atoms. The lowest BCUT2D eigenvalue weighted by molar-refractivity contribution is 0.395. The molecule has 0 unspecified atom stereocenters. The second-order valence-electron chi connectivity index (χ2n) is 4.33. The summed E-state index contributed by atoms with van der Waals surface area (Å²) in [6.45, 7) is 1.91. The molecule has 0 saturated heterocycles. The van der Waals surface area contributed by atoms with Gasteiger partial charge < -0.3 is 14.8 Å². The van der Waals surface area contributed by atoms with Crippen molar-refractivity contribution in [1.29, 1.82) is 5.26 Å². The van der Waals surface area contributed by atoms with Gasteiger partial charge in [-0.1, -0.05) is 0 Å². The Morgan fingerprint density at radius 2 is 1.85 bits per heavy atom. The van der Waals surface area contributed by atoms with Crippen LogP contribution in [0.3, 0.4) is 0 Å². The van der Waals surface area contributed by atoms with Crippen LogP contribution >= 0.6 is 0 Å². The van der Waals surface area contributed by atoms with Crippen LogP contribution in [0.5, 0.6) is 11.5 Å². The Hall–Kier alpha value is -2.67. The molecular weight excluding hydrogens is 252 g/mol. The minimum Gasteiger partial charge on any atom is -0.497 e. The zero-order valence-corrected chi connectivity index (χ0v) is 11.7. The highest BCUT2D eigenvalue weighted by molar-refractivity contribution is 5.68. The van der Waals surface area contributed by atoms with Crippen LogP contribution in [-0.2, 0) is 0 Å². The van der Waals surface area contributed by atoms with E-state index in [1.54, 1.807) is 20.3 Å². The molecule has 1 N–H and O–H groups in total. The van der Waals surface area contributed by atoms with Gasteiger partial charge >= 0.3 is 0 Å². The zero-order valence-electron chi connectivity index (χ0n) is 11.7. The molecule has 4 nitrogen and oxygen atoms in total. The normalized spacial score (nSPS) is 9.70. The second kappa shape index (κ2) is 5.98. The van der Waals surface area contributed by atoms with Crippen molar-refractivity contribution in [2.75, 3.05) is 19.5 Å². The number of methoxy groups -OCH3 is 2. The van der Waals surface area contributed by atoms with Crippen molar-refractivity contribution >= 4 is 11.4 Å². The Bertz CT molecular complexity index is 660. The molecule has 0 radical (unpaired) electrons. The van der Waals surface area contributed by atoms with Gasteiger partial charge in [0.1, 0.15) is 11.5 Å². The Morgan fingerprint density at radius 3 is 2.45 bits per heavy atom. The fourth-order valence-electron chi connectivity index (χ4n) is 1.92. The minimum absolute atomic E-state index is 0.678. The van der Waals surface area contributed by atoms with E-state index in [0.29, 0.717) is 11.3 Å². The van der Waals surface area contributed by atoms with E-state index in [1.165, 1.54) is 0 Å². The first-order valence-corrected chi connectivity index (χ1v) is 6.17. The number of nitrogens with zero attached hydrogens (tertiary/aromatic N) is 1. The van der Waals surface area contributed by atoms with Crippen molar-refractivity contribution in [3.63, 3.8) is 0 Å². The summed E-state index contributed by atoms with van der Waals surface area (Å²) in [5.41, 5.74) is 3.37. The summed E-state index contributed by atoms with van der Waals surface area (Å²) < 4.78 is 10.5. The van der Waals surface area contributed by atoms with Gasteiger partial charge in [0.25, 0.3) is 0 Å². The molecule has 0 aliphatic heterocycles. The van der Waals surface area contributed by atoms with Crippen LogP contribution in [0, 0.1) is 18.3 Å². The molecule has 20 heavy (non-hydrogen) atoms. The maximum Gasteiger partial charge on any atom is 0.145 e. The summed E-state index contributed by atoms with van der Waals surface area (Å²) in [7, 11) is 3.23. The quantitative estimate of drug-likeness (QED) is 0.920. The number of rotatable bonds is 4. The van der Waals surface area contributed by atoms with Gasteiger partial charge in [0.15, 0.2) is 0 Å². The molecule has 4 heteroatoms. The summed E-state index contributed by atoms with van der Waals surface area (Å²) in [5.74, 6) is 1.44. The van der Waals surface area contributed by atoms with E-state index >= 15 is 0 Å². The number of hydrogen-bond donors (Lipinski definition) is 1. The van der Waals surface area contributed by atoms with Crippen molar-refractivity contribution in [2.45, 2.75) is 6.92 Å². The molecule has 2 rings (SSSR count). The number of nitriles is 1. The molecule has 0 aromatic heterocycles. The summed E-state index contributed by atoms with van der Waals surface area (Å²) in [5, 5.41) is 12.2. The number of hydrogen-bond acceptors (Lipinski definition) is 4. The molecule has 0 aliphatic rings. The Morgan fingerprint density at radius 1 is 1.05 bits per heavy atom. The van der Waals surface area contributed by atoms with Gasteiger partial charge in [-0.3, -0.25) is 0 Å². The average molecular weight is 268 g/mol. The van der Waals surface area contributed by atoms with Crippen LogP contribution in [0.25, 0.3) is 0 Å². The van der Waals surface area contributed by atoms with Crippen LogP contribution in [0.4, 0.5) is 11.4 Å². The first kappa shape index (κ1) is 13.8. The van der Waals surface area contributed by atoms with Gasteiger partial charge in [0.05, 0.1) is 31.5 Å². The van der Waals surface area contributed by atoms with E-state index in [2.05, 4.69) is 11.4 Å². The lowest BCUT2D eigenvalue weighted by Crippen LogP contribution is -1.96. The lowest BCUT2D eigenvalue weighted by Gasteiger charge is -2.13. The second-order valence-corrected chi connectivity index (χ2v) is 4.33. The first-order chi connectivity index (χ1) is 9.67. The third-order valence-corrected chi connectivity index (χ3v) is 3.03. The number of anilines is 2. The van der Waals surface area contributed by atoms with E-state index in [9.17, 15) is 0 Å². The largest absolute Gasteiger partial charge is 0.497 e. The molecule has 2 aromatic rings. The Balaban J connectivity index is 2.30. The Labute approximate surface area is 118 Å². The number of ether oxygens (including phenoxy) is 2. The molecule has 102 valence electrons. The number of benzene rings is 2. The summed E-state index contributed by atoms with van der Waals surface area (Å²) >= 11 is 0. The van der Waals surface area contributed by atoms with E-state index < -0.39 is 0 Å². The van der Waals surface area contributed by atoms with Gasteiger partial charge in [-0.25, -0.2) is 0 Å². The standard InChI is InChI=1S/C16H16N2O2/c1-11-8-13(5-4-12(11)10-17)18-15-7-6-14(19-2)9-16(15)20-3/h4-9,18H,1-3H3. The summed E-state index contributed by atoms with van der Waals surface area (Å²) in [4.78, 5) is 0. The number of aryl methyl sites for hydroxylation is 1. The third kappa shape index (κ3) is 2.83. The van der Waals surface area contributed by atoms with Crippen molar-refractivity contribution in [3.05, 3.63) is 47.5 Å². The third-order valence-electron chi connectivity index (χ3n) is 3.03. The van der Waals surface area contributed by atoms with Crippen LogP contribution in [0.15, 0.2) is 36.4 Å². The van der Waals surface area contributed by atoms with Crippen LogP contribution < -0.4 is 14.8 Å². The lowest BCUT2D eigenvalue weighted by atomic mass is 10.1. The highest BCUT2D eigenvalue weighted by Crippen LogP contribution is 2.31. The highest BCUT2D eigenvalue weighted by atomic mass is 16.5. The zero-order chi connectivity index (χ0) is 14.5. The fraction of sp³-hybridized carbons (Fsp3) is 0.188. The predicted molar refractivity (Wildman–Crippen MR) is 78.7 cm³/mol. The van der Waals surface area contributed by atoms with Crippen molar-refractivity contribution in [1.82, 2.24) is 0 Å². The highest BCUT2D eigenvalue weighted by Gasteiger charge is 2.06. The molecule has 0 bridgehead atoms. The predicted octanol–water partition coefficient (Wildman–Crippen LogP) is 3.63. The molecule has 0 atom stereocenters. The van der Waals surface area contributed by atoms with Gasteiger partial charge in [0, 0.05) is 11.8 Å². The van der Waals surface area contributed by atoms with E-state index in [4.69, 9.17) is 14.7 Å². The molecule has 0 aliphatic carbocycles. The Kier molecular flexibility index (Phi) is 4.11. The summed E-state index contributed by atoms with van der Waals surface area (Å²) in [6.07, 6.45) is 0. The molecule has 0 amide bonds. The topological polar surface area (TPSA) is 54.3 Å². The molecule has 0 heterocycles. The smallest absolute Gasteiger partial charge is 0.145 e. The van der Waals surface area contributed by atoms with Gasteiger partial charge in [-0.15, -0.1) is 0 Å². The van der Waals surface area contributed by atoms with E-state index in [-0.39, 0.29) is 0 Å². The van der Waals surface area contributed by atoms with E-state index in [0.717, 1.165) is 22.7 Å². The van der Waals surface area contributed by atoms with Gasteiger partial charge in [0.2, 0.25) is 0 Å². The molecule has 0 fully saturated rings. The van der Waals surface area contributed by atoms with Gasteiger partial charge in [-0.2, -0.15) is 5.26 Å². The minimum atomic E-state index is 0.678. The van der Waals surface area contributed by atoms with Crippen molar-refractivity contribution in [3.8, 4) is 17.6 Å². The first-order valence-electron chi connectivity index (χ1n) is 6.17. The fourth-order valence-corrected chi connectivity index (χ4v) is 1.92. The van der Waals surface area contributed by atoms with Crippen LogP contribution in [0.2, 0.25) is 0 Å². The average Bonchev–Trinajstić information content (AvgIpc) is 2.48. The van der Waals surface area contributed by atoms with Crippen LogP contribution in [0.1, 0.15) is 11.1 Å². The van der Waals surface area contributed by atoms with Crippen molar-refractivity contribution in [2.24, 2.45) is 0 Å². The monoisotopic (exact) mass is 268 g/mol. The molecule has 0 saturated carbocycles.